The topological polar surface area (TPSA) is 30.2 Å². The van der Waals surface area contributed by atoms with Crippen LogP contribution >= 0.6 is 0 Å². The molecule has 2 rings (SSSR count). The molecule has 0 atom stereocenters. The molecule has 0 aromatic carbocycles. The van der Waals surface area contributed by atoms with Crippen LogP contribution in [0.3, 0.4) is 0 Å². The lowest BCUT2D eigenvalue weighted by atomic mass is 10.2. The fourth-order valence-electron chi connectivity index (χ4n) is 1.36. The van der Waals surface area contributed by atoms with Crippen LogP contribution in [0.5, 0.6) is 0 Å². The van der Waals surface area contributed by atoms with E-state index in [2.05, 4.69) is 10.2 Å². The van der Waals surface area contributed by atoms with E-state index in [9.17, 15) is 13.2 Å². The third-order valence-electron chi connectivity index (χ3n) is 2.12. The van der Waals surface area contributed by atoms with Crippen LogP contribution in [0.15, 0.2) is 18.3 Å². The van der Waals surface area contributed by atoms with E-state index >= 15 is 0 Å². The molecule has 0 radical (unpaired) electrons. The third kappa shape index (κ3) is 1.67. The number of halogens is 3. The van der Waals surface area contributed by atoms with Crippen LogP contribution in [0.1, 0.15) is 18.3 Å². The summed E-state index contributed by atoms with van der Waals surface area (Å²) in [7, 11) is 0. The van der Waals surface area contributed by atoms with Crippen molar-refractivity contribution in [3.8, 4) is 0 Å². The van der Waals surface area contributed by atoms with Crippen molar-refractivity contribution in [2.24, 2.45) is 0 Å². The molecule has 3 nitrogen and oxygen atoms in total. The van der Waals surface area contributed by atoms with E-state index in [0.717, 1.165) is 12.1 Å². The van der Waals surface area contributed by atoms with Crippen molar-refractivity contribution < 1.29 is 13.2 Å². The maximum atomic E-state index is 12.3. The summed E-state index contributed by atoms with van der Waals surface area (Å²) in [5.41, 5.74) is -0.480. The summed E-state index contributed by atoms with van der Waals surface area (Å²) in [6.45, 7) is 1.87. The van der Waals surface area contributed by atoms with Crippen LogP contribution in [0.2, 0.25) is 0 Å². The summed E-state index contributed by atoms with van der Waals surface area (Å²) < 4.78 is 38.6. The zero-order valence-corrected chi connectivity index (χ0v) is 7.91. The maximum Gasteiger partial charge on any atom is 0.416 e. The molecule has 0 unspecified atom stereocenters. The van der Waals surface area contributed by atoms with Crippen molar-refractivity contribution >= 4 is 5.65 Å². The van der Waals surface area contributed by atoms with Gasteiger partial charge in [0.15, 0.2) is 5.65 Å². The molecule has 0 amide bonds. The number of rotatable bonds is 1. The Labute approximate surface area is 83.5 Å². The Kier molecular flexibility index (Phi) is 2.13. The molecule has 80 valence electrons. The van der Waals surface area contributed by atoms with Gasteiger partial charge < -0.3 is 0 Å². The minimum Gasteiger partial charge on any atom is -0.286 e. The van der Waals surface area contributed by atoms with Crippen LogP contribution in [-0.4, -0.2) is 14.6 Å². The van der Waals surface area contributed by atoms with E-state index in [1.807, 2.05) is 6.92 Å². The Balaban J connectivity index is 2.58. The zero-order chi connectivity index (χ0) is 11.1. The fraction of sp³-hybridized carbons (Fsp3) is 0.333. The molecule has 2 heterocycles. The number of aromatic nitrogens is 3. The Morgan fingerprint density at radius 3 is 2.67 bits per heavy atom. The number of pyridine rings is 1. The average molecular weight is 215 g/mol. The van der Waals surface area contributed by atoms with Gasteiger partial charge in [-0.05, 0) is 12.1 Å². The van der Waals surface area contributed by atoms with Crippen LogP contribution in [0.4, 0.5) is 13.2 Å². The van der Waals surface area contributed by atoms with Crippen molar-refractivity contribution in [2.45, 2.75) is 19.5 Å². The lowest BCUT2D eigenvalue weighted by Gasteiger charge is -2.06. The summed E-state index contributed by atoms with van der Waals surface area (Å²) in [6, 6.07) is 2.02. The Morgan fingerprint density at radius 2 is 2.07 bits per heavy atom. The van der Waals surface area contributed by atoms with Gasteiger partial charge in [-0.15, -0.1) is 10.2 Å². The normalized spacial score (nSPS) is 12.3. The SMILES string of the molecule is CCc1nnc2cc(C(F)(F)F)ccn12. The average Bonchev–Trinajstić information content (AvgIpc) is 2.58. The first-order chi connectivity index (χ1) is 7.02. The second-order valence-corrected chi connectivity index (χ2v) is 3.11. The Bertz CT molecular complexity index is 487. The first-order valence-corrected chi connectivity index (χ1v) is 4.43. The van der Waals surface area contributed by atoms with Gasteiger partial charge in [-0.2, -0.15) is 13.2 Å². The van der Waals surface area contributed by atoms with E-state index in [1.54, 1.807) is 4.40 Å². The molecule has 0 saturated heterocycles. The Morgan fingerprint density at radius 1 is 1.33 bits per heavy atom. The van der Waals surface area contributed by atoms with Crippen LogP contribution in [0, 0.1) is 0 Å². The van der Waals surface area contributed by atoms with Gasteiger partial charge in [0.2, 0.25) is 0 Å². The first kappa shape index (κ1) is 9.95. The monoisotopic (exact) mass is 215 g/mol. The minimum atomic E-state index is -4.33. The molecule has 0 aliphatic heterocycles. The van der Waals surface area contributed by atoms with Crippen molar-refractivity contribution in [3.63, 3.8) is 0 Å². The van der Waals surface area contributed by atoms with E-state index in [1.165, 1.54) is 6.20 Å². The van der Waals surface area contributed by atoms with Crippen molar-refractivity contribution in [3.05, 3.63) is 29.7 Å². The van der Waals surface area contributed by atoms with Gasteiger partial charge >= 0.3 is 6.18 Å². The highest BCUT2D eigenvalue weighted by atomic mass is 19.4. The number of aryl methyl sites for hydroxylation is 1. The lowest BCUT2D eigenvalue weighted by molar-refractivity contribution is -0.137. The second-order valence-electron chi connectivity index (χ2n) is 3.11. The maximum absolute atomic E-state index is 12.3. The molecule has 2 aromatic heterocycles. The molecule has 0 spiro atoms. The molecule has 0 N–H and O–H groups in total. The first-order valence-electron chi connectivity index (χ1n) is 4.43. The molecule has 0 bridgehead atoms. The predicted octanol–water partition coefficient (Wildman–Crippen LogP) is 2.31. The van der Waals surface area contributed by atoms with E-state index < -0.39 is 11.7 Å². The molecule has 2 aromatic rings. The van der Waals surface area contributed by atoms with Gasteiger partial charge in [0.25, 0.3) is 0 Å². The summed E-state index contributed by atoms with van der Waals surface area (Å²) in [4.78, 5) is 0. The summed E-state index contributed by atoms with van der Waals surface area (Å²) in [5.74, 6) is 0.652. The molecule has 6 heteroatoms. The highest BCUT2D eigenvalue weighted by Crippen LogP contribution is 2.29. The number of hydrogen-bond donors (Lipinski definition) is 0. The van der Waals surface area contributed by atoms with Crippen molar-refractivity contribution in [2.75, 3.05) is 0 Å². The molecule has 0 fully saturated rings. The fourth-order valence-corrected chi connectivity index (χ4v) is 1.36. The number of alkyl halides is 3. The van der Waals surface area contributed by atoms with Gasteiger partial charge in [-0.25, -0.2) is 0 Å². The van der Waals surface area contributed by atoms with Gasteiger partial charge in [0.1, 0.15) is 5.82 Å². The lowest BCUT2D eigenvalue weighted by Crippen LogP contribution is -2.05. The van der Waals surface area contributed by atoms with E-state index in [0.29, 0.717) is 12.2 Å². The smallest absolute Gasteiger partial charge is 0.286 e. The van der Waals surface area contributed by atoms with Crippen LogP contribution in [0.25, 0.3) is 5.65 Å². The van der Waals surface area contributed by atoms with Crippen molar-refractivity contribution in [1.29, 1.82) is 0 Å². The minimum absolute atomic E-state index is 0.224. The van der Waals surface area contributed by atoms with Crippen molar-refractivity contribution in [1.82, 2.24) is 14.6 Å². The van der Waals surface area contributed by atoms with Gasteiger partial charge in [0.05, 0.1) is 5.56 Å². The van der Waals surface area contributed by atoms with E-state index in [-0.39, 0.29) is 5.65 Å². The van der Waals surface area contributed by atoms with Crippen LogP contribution < -0.4 is 0 Å². The summed E-state index contributed by atoms with van der Waals surface area (Å²) in [6.07, 6.45) is -2.36. The van der Waals surface area contributed by atoms with Gasteiger partial charge in [-0.1, -0.05) is 6.92 Å². The highest BCUT2D eigenvalue weighted by Gasteiger charge is 2.30. The zero-order valence-electron chi connectivity index (χ0n) is 7.91. The predicted molar refractivity (Wildman–Crippen MR) is 47.4 cm³/mol. The summed E-state index contributed by atoms with van der Waals surface area (Å²) in [5, 5.41) is 7.46. The number of nitrogens with zero attached hydrogens (tertiary/aromatic N) is 3. The van der Waals surface area contributed by atoms with E-state index in [4.69, 9.17) is 0 Å². The molecular weight excluding hydrogens is 207 g/mol. The molecule has 15 heavy (non-hydrogen) atoms. The molecular formula is C9H8F3N3. The summed E-state index contributed by atoms with van der Waals surface area (Å²) >= 11 is 0. The third-order valence-corrected chi connectivity index (χ3v) is 2.12. The van der Waals surface area contributed by atoms with Gasteiger partial charge in [-0.3, -0.25) is 4.40 Å². The highest BCUT2D eigenvalue weighted by molar-refractivity contribution is 5.42. The standard InChI is InChI=1S/C9H8F3N3/c1-2-7-13-14-8-5-6(9(10,11)12)3-4-15(7)8/h3-5H,2H2,1H3. The molecule has 0 aliphatic carbocycles. The Hall–Kier alpha value is -1.59. The largest absolute Gasteiger partial charge is 0.416 e. The number of hydrogen-bond acceptors (Lipinski definition) is 2. The quantitative estimate of drug-likeness (QED) is 0.730. The second kappa shape index (κ2) is 3.22. The number of fused-ring (bicyclic) bond motifs is 1. The molecule has 0 saturated carbocycles. The molecule has 0 aliphatic rings. The van der Waals surface area contributed by atoms with Crippen LogP contribution in [-0.2, 0) is 12.6 Å². The van der Waals surface area contributed by atoms with Gasteiger partial charge in [0, 0.05) is 12.6 Å².